The fraction of sp³-hybridized carbons (Fsp3) is 0.0625. The molecule has 0 amide bonds. The van der Waals surface area contributed by atoms with Crippen molar-refractivity contribution in [2.24, 2.45) is 0 Å². The highest BCUT2D eigenvalue weighted by Gasteiger charge is 2.16. The smallest absolute Gasteiger partial charge is 0.340 e. The fourth-order valence-corrected chi connectivity index (χ4v) is 2.24. The molecule has 0 aliphatic rings. The number of oxazole rings is 1. The maximum Gasteiger partial charge on any atom is 0.340 e. The molecular weight excluding hydrogens is 350 g/mol. The van der Waals surface area contributed by atoms with Crippen molar-refractivity contribution < 1.29 is 18.7 Å². The van der Waals surface area contributed by atoms with Gasteiger partial charge in [0.05, 0.1) is 5.56 Å². The average molecular weight is 360 g/mol. The number of benzene rings is 2. The Kier molecular flexibility index (Phi) is 4.02. The normalized spacial score (nSPS) is 10.6. The third kappa shape index (κ3) is 2.92. The van der Waals surface area contributed by atoms with Crippen molar-refractivity contribution in [1.29, 1.82) is 0 Å². The lowest BCUT2D eigenvalue weighted by Gasteiger charge is -2.05. The van der Waals surface area contributed by atoms with E-state index < -0.39 is 5.97 Å². The number of hydrogen-bond acceptors (Lipinski definition) is 5. The molecule has 6 heteroatoms. The molecule has 1 aromatic heterocycles. The highest BCUT2D eigenvalue weighted by Crippen LogP contribution is 2.18. The number of carbonyl (C=O) groups is 2. The van der Waals surface area contributed by atoms with Crippen molar-refractivity contribution >= 4 is 38.8 Å². The molecule has 0 fully saturated rings. The zero-order valence-corrected chi connectivity index (χ0v) is 12.9. The summed E-state index contributed by atoms with van der Waals surface area (Å²) < 4.78 is 11.1. The maximum absolute atomic E-state index is 12.1. The molecular formula is C16H10BrNO4. The maximum atomic E-state index is 12.1. The highest BCUT2D eigenvalue weighted by atomic mass is 79.9. The topological polar surface area (TPSA) is 69.4 Å². The van der Waals surface area contributed by atoms with Gasteiger partial charge in [-0.25, -0.2) is 9.78 Å². The zero-order valence-electron chi connectivity index (χ0n) is 11.3. The third-order valence-electron chi connectivity index (χ3n) is 3.08. The number of carbonyl (C=O) groups excluding carboxylic acids is 2. The number of ether oxygens (including phenoxy) is 1. The van der Waals surface area contributed by atoms with Gasteiger partial charge in [0.1, 0.15) is 5.52 Å². The lowest BCUT2D eigenvalue weighted by atomic mass is 10.1. The van der Waals surface area contributed by atoms with Crippen molar-refractivity contribution in [3.63, 3.8) is 0 Å². The van der Waals surface area contributed by atoms with Crippen LogP contribution in [0.4, 0.5) is 0 Å². The Labute approximate surface area is 134 Å². The van der Waals surface area contributed by atoms with Gasteiger partial charge in [-0.2, -0.15) is 0 Å². The number of Topliss-reactive ketones (excluding diaryl/α,β-unsaturated/α-hetero) is 1. The third-order valence-corrected chi connectivity index (χ3v) is 3.61. The molecule has 22 heavy (non-hydrogen) atoms. The molecule has 0 aliphatic carbocycles. The Balaban J connectivity index is 1.71. The van der Waals surface area contributed by atoms with Gasteiger partial charge in [-0.3, -0.25) is 4.79 Å². The summed E-state index contributed by atoms with van der Waals surface area (Å²) >= 11 is 3.29. The minimum atomic E-state index is -0.607. The standard InChI is InChI=1S/C16H10BrNO4/c17-11-6-4-10(5-7-11)13(19)8-21-16(20)12-2-1-3-14-15(12)18-9-22-14/h1-7,9H,8H2. The summed E-state index contributed by atoms with van der Waals surface area (Å²) in [5.41, 5.74) is 1.67. The van der Waals surface area contributed by atoms with E-state index in [0.717, 1.165) is 4.47 Å². The van der Waals surface area contributed by atoms with Crippen LogP contribution in [0.1, 0.15) is 20.7 Å². The highest BCUT2D eigenvalue weighted by molar-refractivity contribution is 9.10. The van der Waals surface area contributed by atoms with Gasteiger partial charge in [0.25, 0.3) is 0 Å². The predicted molar refractivity (Wildman–Crippen MR) is 82.8 cm³/mol. The van der Waals surface area contributed by atoms with Crippen molar-refractivity contribution in [2.75, 3.05) is 6.61 Å². The number of hydrogen-bond donors (Lipinski definition) is 0. The number of nitrogens with zero attached hydrogens (tertiary/aromatic N) is 1. The number of rotatable bonds is 4. The molecule has 110 valence electrons. The number of para-hydroxylation sites is 1. The van der Waals surface area contributed by atoms with E-state index in [1.165, 1.54) is 6.39 Å². The molecule has 1 heterocycles. The fourth-order valence-electron chi connectivity index (χ4n) is 1.98. The summed E-state index contributed by atoms with van der Waals surface area (Å²) in [5, 5.41) is 0. The van der Waals surface area contributed by atoms with Crippen LogP contribution in [0.5, 0.6) is 0 Å². The number of halogens is 1. The number of fused-ring (bicyclic) bond motifs is 1. The second-order valence-corrected chi connectivity index (χ2v) is 5.43. The van der Waals surface area contributed by atoms with E-state index in [9.17, 15) is 9.59 Å². The van der Waals surface area contributed by atoms with Crippen LogP contribution in [0.2, 0.25) is 0 Å². The summed E-state index contributed by atoms with van der Waals surface area (Å²) in [6.45, 7) is -0.325. The molecule has 0 bridgehead atoms. The van der Waals surface area contributed by atoms with Gasteiger partial charge >= 0.3 is 5.97 Å². The van der Waals surface area contributed by atoms with Gasteiger partial charge < -0.3 is 9.15 Å². The van der Waals surface area contributed by atoms with Gasteiger partial charge in [-0.1, -0.05) is 34.1 Å². The van der Waals surface area contributed by atoms with Crippen molar-refractivity contribution in [2.45, 2.75) is 0 Å². The van der Waals surface area contributed by atoms with E-state index >= 15 is 0 Å². The first-order chi connectivity index (χ1) is 10.6. The molecule has 0 spiro atoms. The van der Waals surface area contributed by atoms with Crippen LogP contribution in [-0.4, -0.2) is 23.3 Å². The Hall–Kier alpha value is -2.47. The van der Waals surface area contributed by atoms with Gasteiger partial charge in [0.15, 0.2) is 24.4 Å². The molecule has 0 unspecified atom stereocenters. The Bertz CT molecular complexity index is 839. The van der Waals surface area contributed by atoms with Crippen LogP contribution in [0, 0.1) is 0 Å². The van der Waals surface area contributed by atoms with E-state index in [-0.39, 0.29) is 18.0 Å². The van der Waals surface area contributed by atoms with Gasteiger partial charge in [0, 0.05) is 10.0 Å². The van der Waals surface area contributed by atoms with E-state index in [1.54, 1.807) is 42.5 Å². The van der Waals surface area contributed by atoms with Crippen LogP contribution in [-0.2, 0) is 4.74 Å². The van der Waals surface area contributed by atoms with E-state index in [2.05, 4.69) is 20.9 Å². The van der Waals surface area contributed by atoms with Gasteiger partial charge in [-0.15, -0.1) is 0 Å². The number of esters is 1. The summed E-state index contributed by atoms with van der Waals surface area (Å²) in [6, 6.07) is 11.8. The summed E-state index contributed by atoms with van der Waals surface area (Å²) in [6.07, 6.45) is 1.26. The lowest BCUT2D eigenvalue weighted by molar-refractivity contribution is 0.0476. The Morgan fingerprint density at radius 3 is 2.68 bits per heavy atom. The minimum Gasteiger partial charge on any atom is -0.454 e. The average Bonchev–Trinajstić information content (AvgIpc) is 3.01. The summed E-state index contributed by atoms with van der Waals surface area (Å²) in [7, 11) is 0. The molecule has 0 atom stereocenters. The largest absolute Gasteiger partial charge is 0.454 e. The van der Waals surface area contributed by atoms with Gasteiger partial charge in [-0.05, 0) is 24.3 Å². The van der Waals surface area contributed by atoms with Gasteiger partial charge in [0.2, 0.25) is 0 Å². The summed E-state index contributed by atoms with van der Waals surface area (Å²) in [4.78, 5) is 28.0. The van der Waals surface area contributed by atoms with Crippen LogP contribution in [0.3, 0.4) is 0 Å². The monoisotopic (exact) mass is 359 g/mol. The predicted octanol–water partition coefficient (Wildman–Crippen LogP) is 3.63. The Morgan fingerprint density at radius 2 is 1.91 bits per heavy atom. The first-order valence-electron chi connectivity index (χ1n) is 6.43. The van der Waals surface area contributed by atoms with Crippen LogP contribution >= 0.6 is 15.9 Å². The van der Waals surface area contributed by atoms with Crippen LogP contribution < -0.4 is 0 Å². The van der Waals surface area contributed by atoms with E-state index in [0.29, 0.717) is 16.7 Å². The SMILES string of the molecule is O=C(COC(=O)c1cccc2ocnc12)c1ccc(Br)cc1. The van der Waals surface area contributed by atoms with Crippen molar-refractivity contribution in [3.8, 4) is 0 Å². The van der Waals surface area contributed by atoms with Crippen molar-refractivity contribution in [1.82, 2.24) is 4.98 Å². The molecule has 0 aliphatic heterocycles. The zero-order chi connectivity index (χ0) is 15.5. The quantitative estimate of drug-likeness (QED) is 0.525. The van der Waals surface area contributed by atoms with E-state index in [1.807, 2.05) is 0 Å². The molecule has 5 nitrogen and oxygen atoms in total. The van der Waals surface area contributed by atoms with Crippen LogP contribution in [0.25, 0.3) is 11.1 Å². The first kappa shape index (κ1) is 14.5. The minimum absolute atomic E-state index is 0.270. The second kappa shape index (κ2) is 6.11. The molecule has 0 saturated carbocycles. The van der Waals surface area contributed by atoms with E-state index in [4.69, 9.17) is 9.15 Å². The van der Waals surface area contributed by atoms with Crippen LogP contribution in [0.15, 0.2) is 57.7 Å². The number of aromatic nitrogens is 1. The Morgan fingerprint density at radius 1 is 1.14 bits per heavy atom. The number of ketones is 1. The molecule has 3 aromatic rings. The molecule has 0 N–H and O–H groups in total. The second-order valence-electron chi connectivity index (χ2n) is 4.51. The molecule has 0 radical (unpaired) electrons. The first-order valence-corrected chi connectivity index (χ1v) is 7.22. The lowest BCUT2D eigenvalue weighted by Crippen LogP contribution is -2.14. The van der Waals surface area contributed by atoms with Crippen molar-refractivity contribution in [3.05, 3.63) is 64.5 Å². The summed E-state index contributed by atoms with van der Waals surface area (Å²) in [5.74, 6) is -0.877. The molecule has 2 aromatic carbocycles. The molecule has 0 saturated heterocycles. The molecule has 3 rings (SSSR count).